The maximum atomic E-state index is 12.8. The molecule has 1 fully saturated rings. The molecular formula is C14H19FN2O. The first-order valence-electron chi connectivity index (χ1n) is 6.29. The van der Waals surface area contributed by atoms with Crippen molar-refractivity contribution in [3.8, 4) is 0 Å². The molecule has 1 atom stereocenters. The Labute approximate surface area is 107 Å². The average Bonchev–Trinajstić information content (AvgIpc) is 2.38. The van der Waals surface area contributed by atoms with Gasteiger partial charge >= 0.3 is 0 Å². The number of nitrogens with zero attached hydrogens (tertiary/aromatic N) is 2. The number of hydrogen-bond donors (Lipinski definition) is 0. The molecule has 1 aliphatic heterocycles. The highest BCUT2D eigenvalue weighted by molar-refractivity contribution is 5.94. The van der Waals surface area contributed by atoms with Crippen molar-refractivity contribution in [1.29, 1.82) is 0 Å². The molecule has 0 radical (unpaired) electrons. The summed E-state index contributed by atoms with van der Waals surface area (Å²) in [7, 11) is 3.90. The van der Waals surface area contributed by atoms with Gasteiger partial charge in [0, 0.05) is 25.2 Å². The number of halogens is 1. The van der Waals surface area contributed by atoms with Crippen LogP contribution in [0.1, 0.15) is 23.2 Å². The van der Waals surface area contributed by atoms with E-state index in [2.05, 4.69) is 11.9 Å². The number of carbonyl (C=O) groups excluding carboxylic acids is 1. The third kappa shape index (κ3) is 2.88. The van der Waals surface area contributed by atoms with Gasteiger partial charge in [0.1, 0.15) is 5.82 Å². The van der Waals surface area contributed by atoms with Crippen molar-refractivity contribution < 1.29 is 9.18 Å². The second-order valence-electron chi connectivity index (χ2n) is 4.98. The minimum Gasteiger partial charge on any atom is -0.337 e. The van der Waals surface area contributed by atoms with E-state index in [1.54, 1.807) is 17.0 Å². The van der Waals surface area contributed by atoms with E-state index in [0.717, 1.165) is 25.9 Å². The first-order chi connectivity index (χ1) is 8.58. The highest BCUT2D eigenvalue weighted by atomic mass is 19.1. The number of amides is 1. The van der Waals surface area contributed by atoms with Crippen LogP contribution in [0.2, 0.25) is 0 Å². The van der Waals surface area contributed by atoms with E-state index in [1.807, 2.05) is 7.05 Å². The zero-order valence-corrected chi connectivity index (χ0v) is 10.9. The molecule has 1 aromatic carbocycles. The molecule has 0 aliphatic carbocycles. The Balaban J connectivity index is 2.06. The maximum Gasteiger partial charge on any atom is 0.253 e. The highest BCUT2D eigenvalue weighted by Gasteiger charge is 2.24. The first-order valence-corrected chi connectivity index (χ1v) is 6.29. The van der Waals surface area contributed by atoms with Gasteiger partial charge in [0.2, 0.25) is 0 Å². The maximum absolute atomic E-state index is 12.8. The van der Waals surface area contributed by atoms with Gasteiger partial charge in [0.05, 0.1) is 0 Å². The summed E-state index contributed by atoms with van der Waals surface area (Å²) < 4.78 is 12.8. The van der Waals surface area contributed by atoms with Crippen molar-refractivity contribution in [2.24, 2.45) is 0 Å². The molecule has 18 heavy (non-hydrogen) atoms. The van der Waals surface area contributed by atoms with Crippen LogP contribution in [0, 0.1) is 5.82 Å². The Kier molecular flexibility index (Phi) is 3.97. The molecule has 0 bridgehead atoms. The third-order valence-corrected chi connectivity index (χ3v) is 3.56. The van der Waals surface area contributed by atoms with Gasteiger partial charge in [-0.3, -0.25) is 4.79 Å². The fourth-order valence-electron chi connectivity index (χ4n) is 2.42. The lowest BCUT2D eigenvalue weighted by Gasteiger charge is -2.35. The molecule has 1 aromatic rings. The lowest BCUT2D eigenvalue weighted by Crippen LogP contribution is -2.47. The number of carbonyl (C=O) groups is 1. The number of likely N-dealkylation sites (tertiary alicyclic amines) is 1. The summed E-state index contributed by atoms with van der Waals surface area (Å²) in [6, 6.07) is 5.99. The Hall–Kier alpha value is -1.42. The summed E-state index contributed by atoms with van der Waals surface area (Å²) in [5, 5.41) is 0. The van der Waals surface area contributed by atoms with Gasteiger partial charge in [-0.25, -0.2) is 4.39 Å². The standard InChI is InChI=1S/C14H19FN2O/c1-16-9-3-4-13(10-16)17(2)14(18)11-5-7-12(15)8-6-11/h5-8,13H,3-4,9-10H2,1-2H3. The summed E-state index contributed by atoms with van der Waals surface area (Å²) in [5.41, 5.74) is 0.548. The molecule has 1 unspecified atom stereocenters. The molecular weight excluding hydrogens is 231 g/mol. The van der Waals surface area contributed by atoms with Crippen LogP contribution in [0.4, 0.5) is 4.39 Å². The normalized spacial score (nSPS) is 20.7. The molecule has 1 amide bonds. The van der Waals surface area contributed by atoms with Crippen LogP contribution in [0.15, 0.2) is 24.3 Å². The number of hydrogen-bond acceptors (Lipinski definition) is 2. The van der Waals surface area contributed by atoms with Crippen LogP contribution < -0.4 is 0 Å². The predicted molar refractivity (Wildman–Crippen MR) is 69.0 cm³/mol. The van der Waals surface area contributed by atoms with Crippen molar-refractivity contribution in [3.05, 3.63) is 35.6 Å². The van der Waals surface area contributed by atoms with Crippen LogP contribution in [0.5, 0.6) is 0 Å². The molecule has 98 valence electrons. The van der Waals surface area contributed by atoms with E-state index in [-0.39, 0.29) is 17.8 Å². The van der Waals surface area contributed by atoms with E-state index in [9.17, 15) is 9.18 Å². The summed E-state index contributed by atoms with van der Waals surface area (Å²) in [5.74, 6) is -0.345. The molecule has 0 saturated carbocycles. The fourth-order valence-corrected chi connectivity index (χ4v) is 2.42. The van der Waals surface area contributed by atoms with Gasteiger partial charge < -0.3 is 9.80 Å². The zero-order chi connectivity index (χ0) is 13.1. The summed E-state index contributed by atoms with van der Waals surface area (Å²) in [6.45, 7) is 2.00. The average molecular weight is 250 g/mol. The van der Waals surface area contributed by atoms with Crippen LogP contribution in [-0.4, -0.2) is 48.9 Å². The number of likely N-dealkylation sites (N-methyl/N-ethyl adjacent to an activating group) is 2. The van der Waals surface area contributed by atoms with Gasteiger partial charge in [-0.15, -0.1) is 0 Å². The topological polar surface area (TPSA) is 23.6 Å². The lowest BCUT2D eigenvalue weighted by molar-refractivity contribution is 0.0644. The lowest BCUT2D eigenvalue weighted by atomic mass is 10.0. The van der Waals surface area contributed by atoms with Crippen LogP contribution in [0.25, 0.3) is 0 Å². The van der Waals surface area contributed by atoms with Crippen LogP contribution in [0.3, 0.4) is 0 Å². The Morgan fingerprint density at radius 2 is 2.06 bits per heavy atom. The Morgan fingerprint density at radius 1 is 1.39 bits per heavy atom. The largest absolute Gasteiger partial charge is 0.337 e. The van der Waals surface area contributed by atoms with Crippen molar-refractivity contribution in [2.45, 2.75) is 18.9 Å². The van der Waals surface area contributed by atoms with E-state index in [4.69, 9.17) is 0 Å². The second-order valence-corrected chi connectivity index (χ2v) is 4.98. The van der Waals surface area contributed by atoms with E-state index >= 15 is 0 Å². The van der Waals surface area contributed by atoms with Crippen LogP contribution >= 0.6 is 0 Å². The zero-order valence-electron chi connectivity index (χ0n) is 10.9. The van der Waals surface area contributed by atoms with Gasteiger partial charge in [0.25, 0.3) is 5.91 Å². The molecule has 1 aliphatic rings. The molecule has 2 rings (SSSR count). The van der Waals surface area contributed by atoms with Gasteiger partial charge in [-0.05, 0) is 50.7 Å². The van der Waals surface area contributed by atoms with Gasteiger partial charge in [-0.2, -0.15) is 0 Å². The summed E-state index contributed by atoms with van der Waals surface area (Å²) in [4.78, 5) is 16.3. The molecule has 0 N–H and O–H groups in total. The monoisotopic (exact) mass is 250 g/mol. The van der Waals surface area contributed by atoms with Gasteiger partial charge in [-0.1, -0.05) is 0 Å². The fraction of sp³-hybridized carbons (Fsp3) is 0.500. The number of piperidine rings is 1. The first kappa shape index (κ1) is 13.0. The smallest absolute Gasteiger partial charge is 0.253 e. The third-order valence-electron chi connectivity index (χ3n) is 3.56. The van der Waals surface area contributed by atoms with Crippen molar-refractivity contribution >= 4 is 5.91 Å². The Bertz CT molecular complexity index is 418. The molecule has 4 heteroatoms. The molecule has 3 nitrogen and oxygen atoms in total. The van der Waals surface area contributed by atoms with Crippen molar-refractivity contribution in [3.63, 3.8) is 0 Å². The quantitative estimate of drug-likeness (QED) is 0.801. The van der Waals surface area contributed by atoms with E-state index in [0.29, 0.717) is 5.56 Å². The summed E-state index contributed by atoms with van der Waals surface area (Å²) >= 11 is 0. The molecule has 1 heterocycles. The Morgan fingerprint density at radius 3 is 2.67 bits per heavy atom. The van der Waals surface area contributed by atoms with Crippen LogP contribution in [-0.2, 0) is 0 Å². The second kappa shape index (κ2) is 5.48. The SMILES string of the molecule is CN1CCCC(N(C)C(=O)c2ccc(F)cc2)C1. The van der Waals surface area contributed by atoms with Gasteiger partial charge in [0.15, 0.2) is 0 Å². The molecule has 0 aromatic heterocycles. The molecule has 1 saturated heterocycles. The van der Waals surface area contributed by atoms with E-state index in [1.165, 1.54) is 12.1 Å². The molecule has 0 spiro atoms. The summed E-state index contributed by atoms with van der Waals surface area (Å²) in [6.07, 6.45) is 2.15. The van der Waals surface area contributed by atoms with Crippen molar-refractivity contribution in [1.82, 2.24) is 9.80 Å². The number of rotatable bonds is 2. The van der Waals surface area contributed by atoms with Crippen molar-refractivity contribution in [2.75, 3.05) is 27.2 Å². The minimum absolute atomic E-state index is 0.0321. The number of benzene rings is 1. The highest BCUT2D eigenvalue weighted by Crippen LogP contribution is 2.16. The van der Waals surface area contributed by atoms with E-state index < -0.39 is 0 Å². The predicted octanol–water partition coefficient (Wildman–Crippen LogP) is 1.99. The minimum atomic E-state index is -0.313.